The summed E-state index contributed by atoms with van der Waals surface area (Å²) >= 11 is 0. The lowest BCUT2D eigenvalue weighted by Gasteiger charge is -2.46. The molecule has 1 fully saturated rings. The van der Waals surface area contributed by atoms with Crippen molar-refractivity contribution >= 4 is 55.2 Å². The Hall–Kier alpha value is 1.10. The monoisotopic (exact) mass is 374 g/mol. The zero-order chi connectivity index (χ0) is 15.5. The molecule has 0 aromatic rings. The highest BCUT2D eigenvalue weighted by Crippen LogP contribution is 2.30. The van der Waals surface area contributed by atoms with Gasteiger partial charge in [-0.3, -0.25) is 0 Å². The minimum absolute atomic E-state index is 0.931. The minimum Gasteiger partial charge on any atom is -0.471 e. The van der Waals surface area contributed by atoms with Gasteiger partial charge in [-0.05, 0) is 52.4 Å². The zero-order valence-electron chi connectivity index (χ0n) is 14.0. The first-order valence-corrected chi connectivity index (χ1v) is 19.3. The van der Waals surface area contributed by atoms with Gasteiger partial charge in [0.05, 0.1) is 0 Å². The maximum Gasteiger partial charge on any atom is 0.314 e. The van der Waals surface area contributed by atoms with Crippen LogP contribution in [0.25, 0.3) is 0 Å². The standard InChI is InChI=1S/C8H24O4Si4.H6OSi2/c1-13(2)9-14(3,4)11-16(7,8)12-15(5,6)10-13;2-1-3/h1-8H3;2-3H3. The van der Waals surface area contributed by atoms with E-state index in [1.165, 1.54) is 0 Å². The van der Waals surface area contributed by atoms with Crippen molar-refractivity contribution < 1.29 is 20.6 Å². The van der Waals surface area contributed by atoms with Gasteiger partial charge in [0.2, 0.25) is 0 Å². The van der Waals surface area contributed by atoms with E-state index in [0.29, 0.717) is 0 Å². The first-order chi connectivity index (χ1) is 8.24. The third-order valence-electron chi connectivity index (χ3n) is 1.97. The van der Waals surface area contributed by atoms with E-state index in [-0.39, 0.29) is 0 Å². The smallest absolute Gasteiger partial charge is 0.314 e. The van der Waals surface area contributed by atoms with Crippen molar-refractivity contribution in [2.24, 2.45) is 0 Å². The zero-order valence-corrected chi connectivity index (χ0v) is 22.0. The van der Waals surface area contributed by atoms with Gasteiger partial charge in [-0.15, -0.1) is 0 Å². The summed E-state index contributed by atoms with van der Waals surface area (Å²) in [6.07, 6.45) is 0. The molecule has 0 aliphatic carbocycles. The lowest BCUT2D eigenvalue weighted by atomic mass is 11.9. The second-order valence-corrected chi connectivity index (χ2v) is 24.1. The molecule has 1 heterocycles. The molecule has 116 valence electrons. The maximum absolute atomic E-state index is 6.16. The van der Waals surface area contributed by atoms with Crippen molar-refractivity contribution in [2.45, 2.75) is 52.4 Å². The van der Waals surface area contributed by atoms with Crippen molar-refractivity contribution in [2.75, 3.05) is 0 Å². The molecule has 0 saturated carbocycles. The highest BCUT2D eigenvalue weighted by Gasteiger charge is 2.50. The molecule has 0 radical (unpaired) electrons. The van der Waals surface area contributed by atoms with Crippen molar-refractivity contribution in [1.29, 1.82) is 0 Å². The molecule has 11 heteroatoms. The van der Waals surface area contributed by atoms with E-state index >= 15 is 0 Å². The third kappa shape index (κ3) is 8.87. The largest absolute Gasteiger partial charge is 0.471 e. The van der Waals surface area contributed by atoms with Gasteiger partial charge >= 0.3 is 34.2 Å². The summed E-state index contributed by atoms with van der Waals surface area (Å²) < 4.78 is 29.2. The molecular weight excluding hydrogens is 345 g/mol. The van der Waals surface area contributed by atoms with Crippen LogP contribution >= 0.6 is 0 Å². The summed E-state index contributed by atoms with van der Waals surface area (Å²) in [5.41, 5.74) is 0. The first-order valence-electron chi connectivity index (χ1n) is 6.45. The predicted molar refractivity (Wildman–Crippen MR) is 95.2 cm³/mol. The van der Waals surface area contributed by atoms with Gasteiger partial charge in [-0.2, -0.15) is 0 Å². The molecule has 0 spiro atoms. The fourth-order valence-corrected chi connectivity index (χ4v) is 23.6. The molecule has 0 amide bonds. The second kappa shape index (κ2) is 6.91. The highest BCUT2D eigenvalue weighted by atomic mass is 28.5. The summed E-state index contributed by atoms with van der Waals surface area (Å²) in [7, 11) is -6.58. The van der Waals surface area contributed by atoms with E-state index < -0.39 is 34.2 Å². The summed E-state index contributed by atoms with van der Waals surface area (Å²) in [6.45, 7) is 16.6. The fraction of sp³-hybridized carbons (Fsp3) is 1.00. The first kappa shape index (κ1) is 20.1. The molecule has 1 aliphatic rings. The third-order valence-corrected chi connectivity index (χ3v) is 17.7. The minimum atomic E-state index is -2.11. The average Bonchev–Trinajstić information content (AvgIpc) is 1.90. The van der Waals surface area contributed by atoms with Gasteiger partial charge in [0, 0.05) is 0 Å². The van der Waals surface area contributed by atoms with Gasteiger partial charge in [0.15, 0.2) is 0 Å². The van der Waals surface area contributed by atoms with Crippen molar-refractivity contribution in [3.63, 3.8) is 0 Å². The van der Waals surface area contributed by atoms with E-state index in [1.54, 1.807) is 0 Å². The molecule has 0 bridgehead atoms. The lowest BCUT2D eigenvalue weighted by molar-refractivity contribution is 0.238. The van der Waals surface area contributed by atoms with E-state index in [2.05, 4.69) is 56.5 Å². The number of rotatable bonds is 0. The van der Waals surface area contributed by atoms with Gasteiger partial charge < -0.3 is 20.6 Å². The topological polar surface area (TPSA) is 46.2 Å². The SMILES string of the molecule is C[Si]1(C)O[Si](C)(C)O[Si](C)(C)O[Si](C)(C)O1.[SiH3]O[SiH3]. The van der Waals surface area contributed by atoms with Crippen LogP contribution in [-0.2, 0) is 20.6 Å². The number of hydrogen-bond acceptors (Lipinski definition) is 5. The number of hydrogen-bond donors (Lipinski definition) is 0. The Morgan fingerprint density at radius 3 is 0.737 bits per heavy atom. The molecule has 0 aromatic carbocycles. The summed E-state index contributed by atoms with van der Waals surface area (Å²) in [6, 6.07) is 0. The van der Waals surface area contributed by atoms with Crippen LogP contribution in [0.4, 0.5) is 0 Å². The Morgan fingerprint density at radius 2 is 0.632 bits per heavy atom. The van der Waals surface area contributed by atoms with Crippen LogP contribution in [0.1, 0.15) is 0 Å². The van der Waals surface area contributed by atoms with E-state index in [9.17, 15) is 0 Å². The molecule has 0 unspecified atom stereocenters. The van der Waals surface area contributed by atoms with Gasteiger partial charge in [-0.25, -0.2) is 0 Å². The molecule has 1 rings (SSSR count). The molecule has 1 saturated heterocycles. The van der Waals surface area contributed by atoms with Crippen molar-refractivity contribution in [3.05, 3.63) is 0 Å². The van der Waals surface area contributed by atoms with Crippen LogP contribution in [-0.4, -0.2) is 55.2 Å². The van der Waals surface area contributed by atoms with Crippen LogP contribution in [0.3, 0.4) is 0 Å². The van der Waals surface area contributed by atoms with Crippen molar-refractivity contribution in [1.82, 2.24) is 0 Å². The van der Waals surface area contributed by atoms with Crippen LogP contribution in [0.5, 0.6) is 0 Å². The molecular formula is C8H30O5Si6. The van der Waals surface area contributed by atoms with E-state index in [0.717, 1.165) is 21.0 Å². The Labute approximate surface area is 128 Å². The summed E-state index contributed by atoms with van der Waals surface area (Å²) in [4.78, 5) is 0. The van der Waals surface area contributed by atoms with Gasteiger partial charge in [-0.1, -0.05) is 0 Å². The fourth-order valence-electron chi connectivity index (χ4n) is 2.45. The van der Waals surface area contributed by atoms with Gasteiger partial charge in [0.1, 0.15) is 21.0 Å². The molecule has 1 aliphatic heterocycles. The second-order valence-electron chi connectivity index (χ2n) is 6.42. The van der Waals surface area contributed by atoms with Crippen LogP contribution in [0.2, 0.25) is 52.4 Å². The van der Waals surface area contributed by atoms with Crippen LogP contribution in [0, 0.1) is 0 Å². The Morgan fingerprint density at radius 1 is 0.526 bits per heavy atom. The summed E-state index contributed by atoms with van der Waals surface area (Å²) in [5.74, 6) is 0. The van der Waals surface area contributed by atoms with Crippen LogP contribution in [0.15, 0.2) is 0 Å². The van der Waals surface area contributed by atoms with Crippen molar-refractivity contribution in [3.8, 4) is 0 Å². The Kier molecular flexibility index (Phi) is 7.31. The molecule has 19 heavy (non-hydrogen) atoms. The highest BCUT2D eigenvalue weighted by molar-refractivity contribution is 6.92. The molecule has 0 aromatic heterocycles. The van der Waals surface area contributed by atoms with Gasteiger partial charge in [0.25, 0.3) is 0 Å². The molecule has 0 N–H and O–H groups in total. The molecule has 5 nitrogen and oxygen atoms in total. The van der Waals surface area contributed by atoms with E-state index in [1.807, 2.05) is 0 Å². The maximum atomic E-state index is 6.16. The quantitative estimate of drug-likeness (QED) is 0.576. The van der Waals surface area contributed by atoms with E-state index in [4.69, 9.17) is 16.5 Å². The lowest BCUT2D eigenvalue weighted by Crippen LogP contribution is -2.64. The average molecular weight is 375 g/mol. The molecule has 0 atom stereocenters. The summed E-state index contributed by atoms with van der Waals surface area (Å²) in [5, 5.41) is 0. The Bertz CT molecular complexity index is 223. The Balaban J connectivity index is 0.000000982. The normalized spacial score (nSPS) is 27.8. The predicted octanol–water partition coefficient (Wildman–Crippen LogP) is 0.437. The van der Waals surface area contributed by atoms with Crippen LogP contribution < -0.4 is 0 Å².